The Hall–Kier alpha value is 0.230. The van der Waals surface area contributed by atoms with Crippen molar-refractivity contribution in [1.29, 1.82) is 0 Å². The first-order valence-electron chi connectivity index (χ1n) is 7.58. The molecule has 3 nitrogen and oxygen atoms in total. The Balaban J connectivity index is 1.58. The summed E-state index contributed by atoms with van der Waals surface area (Å²) in [4.78, 5) is 0. The third-order valence-electron chi connectivity index (χ3n) is 4.18. The number of hydrogen-bond donors (Lipinski definition) is 2. The molecule has 4 heteroatoms. The molecule has 0 aromatic heterocycles. The fourth-order valence-electron chi connectivity index (χ4n) is 2.96. The summed E-state index contributed by atoms with van der Waals surface area (Å²) in [5.74, 6) is 6.83. The van der Waals surface area contributed by atoms with Crippen LogP contribution in [-0.2, 0) is 4.74 Å². The van der Waals surface area contributed by atoms with Crippen molar-refractivity contribution in [2.24, 2.45) is 5.84 Å². The van der Waals surface area contributed by atoms with Crippen LogP contribution in [0.2, 0.25) is 0 Å². The standard InChI is InChI=1S/C14H28N2OS/c15-16-12(8-9-13-5-4-10-17-13)11-18-14-6-2-1-3-7-14/h12-14,16H,1-11,15H2. The van der Waals surface area contributed by atoms with Crippen LogP contribution >= 0.6 is 11.8 Å². The lowest BCUT2D eigenvalue weighted by Gasteiger charge is -2.24. The molecule has 2 aliphatic rings. The van der Waals surface area contributed by atoms with Crippen LogP contribution < -0.4 is 11.3 Å². The van der Waals surface area contributed by atoms with Crippen LogP contribution in [0.15, 0.2) is 0 Å². The summed E-state index contributed by atoms with van der Waals surface area (Å²) >= 11 is 2.13. The summed E-state index contributed by atoms with van der Waals surface area (Å²) in [5.41, 5.74) is 2.99. The predicted octanol–water partition coefficient (Wildman–Crippen LogP) is 2.84. The van der Waals surface area contributed by atoms with E-state index in [4.69, 9.17) is 10.6 Å². The van der Waals surface area contributed by atoms with Crippen molar-refractivity contribution in [3.63, 3.8) is 0 Å². The summed E-state index contributed by atoms with van der Waals surface area (Å²) in [6.07, 6.45) is 12.4. The van der Waals surface area contributed by atoms with Crippen molar-refractivity contribution in [3.8, 4) is 0 Å². The Morgan fingerprint density at radius 1 is 1.17 bits per heavy atom. The van der Waals surface area contributed by atoms with Gasteiger partial charge >= 0.3 is 0 Å². The number of thioether (sulfide) groups is 1. The molecule has 0 spiro atoms. The third-order valence-corrected chi connectivity index (χ3v) is 5.72. The number of hydrogen-bond acceptors (Lipinski definition) is 4. The van der Waals surface area contributed by atoms with Gasteiger partial charge in [-0.2, -0.15) is 11.8 Å². The molecule has 1 saturated heterocycles. The predicted molar refractivity (Wildman–Crippen MR) is 78.7 cm³/mol. The van der Waals surface area contributed by atoms with Crippen molar-refractivity contribution in [3.05, 3.63) is 0 Å². The highest BCUT2D eigenvalue weighted by atomic mass is 32.2. The molecule has 2 atom stereocenters. The molecule has 2 unspecified atom stereocenters. The smallest absolute Gasteiger partial charge is 0.0576 e. The summed E-state index contributed by atoms with van der Waals surface area (Å²) < 4.78 is 5.67. The first-order chi connectivity index (χ1) is 8.88. The lowest BCUT2D eigenvalue weighted by molar-refractivity contribution is 0.100. The van der Waals surface area contributed by atoms with E-state index in [1.807, 2.05) is 0 Å². The molecule has 0 bridgehead atoms. The van der Waals surface area contributed by atoms with Gasteiger partial charge in [0.1, 0.15) is 0 Å². The van der Waals surface area contributed by atoms with Gasteiger partial charge in [0.25, 0.3) is 0 Å². The fourth-order valence-corrected chi connectivity index (χ4v) is 4.39. The molecule has 1 heterocycles. The largest absolute Gasteiger partial charge is 0.378 e. The van der Waals surface area contributed by atoms with Gasteiger partial charge in [0.05, 0.1) is 6.10 Å². The summed E-state index contributed by atoms with van der Waals surface area (Å²) in [6.45, 7) is 0.961. The zero-order valence-corrected chi connectivity index (χ0v) is 12.2. The molecular formula is C14H28N2OS. The van der Waals surface area contributed by atoms with E-state index in [9.17, 15) is 0 Å². The van der Waals surface area contributed by atoms with Crippen LogP contribution in [0.25, 0.3) is 0 Å². The SMILES string of the molecule is NNC(CCC1CCCO1)CSC1CCCCC1. The van der Waals surface area contributed by atoms with E-state index in [2.05, 4.69) is 17.2 Å². The molecule has 0 aromatic carbocycles. The molecular weight excluding hydrogens is 244 g/mol. The lowest BCUT2D eigenvalue weighted by atomic mass is 10.0. The zero-order chi connectivity index (χ0) is 12.6. The number of rotatable bonds is 7. The molecule has 1 aliphatic carbocycles. The Morgan fingerprint density at radius 3 is 2.67 bits per heavy atom. The van der Waals surface area contributed by atoms with E-state index in [1.54, 1.807) is 0 Å². The second-order valence-corrected chi connectivity index (χ2v) is 7.00. The minimum absolute atomic E-state index is 0.459. The van der Waals surface area contributed by atoms with Crippen LogP contribution in [0.3, 0.4) is 0 Å². The van der Waals surface area contributed by atoms with Crippen LogP contribution in [0.4, 0.5) is 0 Å². The van der Waals surface area contributed by atoms with Crippen molar-refractivity contribution in [2.45, 2.75) is 75.2 Å². The highest BCUT2D eigenvalue weighted by molar-refractivity contribution is 7.99. The van der Waals surface area contributed by atoms with Crippen molar-refractivity contribution in [1.82, 2.24) is 5.43 Å². The Bertz CT molecular complexity index is 216. The molecule has 3 N–H and O–H groups in total. The van der Waals surface area contributed by atoms with Gasteiger partial charge in [0, 0.05) is 23.7 Å². The molecule has 2 fully saturated rings. The van der Waals surface area contributed by atoms with Crippen molar-refractivity contribution in [2.75, 3.05) is 12.4 Å². The fraction of sp³-hybridized carbons (Fsp3) is 1.00. The van der Waals surface area contributed by atoms with Gasteiger partial charge in [-0.3, -0.25) is 11.3 Å². The summed E-state index contributed by atoms with van der Waals surface area (Å²) in [5, 5.41) is 0.886. The first-order valence-corrected chi connectivity index (χ1v) is 8.62. The zero-order valence-electron chi connectivity index (χ0n) is 11.4. The molecule has 1 aliphatic heterocycles. The van der Waals surface area contributed by atoms with E-state index < -0.39 is 0 Å². The van der Waals surface area contributed by atoms with Gasteiger partial charge < -0.3 is 4.74 Å². The van der Waals surface area contributed by atoms with E-state index in [-0.39, 0.29) is 0 Å². The van der Waals surface area contributed by atoms with Crippen molar-refractivity contribution < 1.29 is 4.74 Å². The van der Waals surface area contributed by atoms with E-state index in [1.165, 1.54) is 51.4 Å². The average molecular weight is 272 g/mol. The Morgan fingerprint density at radius 2 is 2.00 bits per heavy atom. The van der Waals surface area contributed by atoms with Gasteiger partial charge in [-0.15, -0.1) is 0 Å². The number of ether oxygens (including phenoxy) is 1. The van der Waals surface area contributed by atoms with Gasteiger partial charge in [-0.1, -0.05) is 19.3 Å². The van der Waals surface area contributed by atoms with E-state index in [0.717, 1.165) is 24.0 Å². The van der Waals surface area contributed by atoms with Gasteiger partial charge in [-0.25, -0.2) is 0 Å². The van der Waals surface area contributed by atoms with E-state index in [0.29, 0.717) is 12.1 Å². The maximum atomic E-state index is 5.67. The highest BCUT2D eigenvalue weighted by Gasteiger charge is 2.19. The first kappa shape index (κ1) is 14.6. The second-order valence-electron chi connectivity index (χ2n) is 5.67. The summed E-state index contributed by atoms with van der Waals surface area (Å²) in [6, 6.07) is 0.459. The lowest BCUT2D eigenvalue weighted by Crippen LogP contribution is -2.38. The number of nitrogens with two attached hydrogens (primary N) is 1. The Kier molecular flexibility index (Phi) is 6.84. The molecule has 18 heavy (non-hydrogen) atoms. The van der Waals surface area contributed by atoms with Gasteiger partial charge in [-0.05, 0) is 38.5 Å². The highest BCUT2D eigenvalue weighted by Crippen LogP contribution is 2.29. The molecule has 2 rings (SSSR count). The third kappa shape index (κ3) is 5.08. The molecule has 0 radical (unpaired) electrons. The van der Waals surface area contributed by atoms with Crippen LogP contribution in [0, 0.1) is 0 Å². The van der Waals surface area contributed by atoms with Gasteiger partial charge in [0.15, 0.2) is 0 Å². The monoisotopic (exact) mass is 272 g/mol. The maximum Gasteiger partial charge on any atom is 0.0576 e. The topological polar surface area (TPSA) is 47.3 Å². The summed E-state index contributed by atoms with van der Waals surface area (Å²) in [7, 11) is 0. The molecule has 0 amide bonds. The van der Waals surface area contributed by atoms with Crippen LogP contribution in [0.5, 0.6) is 0 Å². The minimum Gasteiger partial charge on any atom is -0.378 e. The van der Waals surface area contributed by atoms with Crippen LogP contribution in [0.1, 0.15) is 57.8 Å². The second kappa shape index (κ2) is 8.41. The Labute approximate surface area is 116 Å². The maximum absolute atomic E-state index is 5.67. The number of nitrogens with one attached hydrogen (secondary N) is 1. The normalized spacial score (nSPS) is 27.5. The molecule has 1 saturated carbocycles. The number of hydrazine groups is 1. The van der Waals surface area contributed by atoms with E-state index >= 15 is 0 Å². The molecule has 106 valence electrons. The van der Waals surface area contributed by atoms with Crippen LogP contribution in [-0.4, -0.2) is 29.8 Å². The van der Waals surface area contributed by atoms with Gasteiger partial charge in [0.2, 0.25) is 0 Å². The van der Waals surface area contributed by atoms with Crippen molar-refractivity contribution >= 4 is 11.8 Å². The quantitative estimate of drug-likeness (QED) is 0.553. The average Bonchev–Trinajstić information content (AvgIpc) is 2.93. The minimum atomic E-state index is 0.459. The molecule has 0 aromatic rings.